The molecule has 0 bridgehead atoms. The molecule has 1 atom stereocenters. The van der Waals surface area contributed by atoms with Gasteiger partial charge in [-0.25, -0.2) is 0 Å². The Morgan fingerprint density at radius 2 is 2.33 bits per heavy atom. The summed E-state index contributed by atoms with van der Waals surface area (Å²) in [6.45, 7) is 2.50. The van der Waals surface area contributed by atoms with E-state index in [0.717, 1.165) is 19.7 Å². The first-order valence-electron chi connectivity index (χ1n) is 5.54. The van der Waals surface area contributed by atoms with E-state index in [9.17, 15) is 4.79 Å². The fourth-order valence-corrected chi connectivity index (χ4v) is 3.10. The van der Waals surface area contributed by atoms with Crippen LogP contribution in [0.2, 0.25) is 0 Å². The number of ether oxygens (including phenoxy) is 1. The highest BCUT2D eigenvalue weighted by molar-refractivity contribution is 6.27. The molecule has 0 N–H and O–H groups in total. The summed E-state index contributed by atoms with van der Waals surface area (Å²) < 4.78 is 5.25. The van der Waals surface area contributed by atoms with Gasteiger partial charge in [-0.15, -0.1) is 11.6 Å². The maximum Gasteiger partial charge on any atom is 0.237 e. The smallest absolute Gasteiger partial charge is 0.237 e. The van der Waals surface area contributed by atoms with Crippen molar-refractivity contribution in [2.75, 3.05) is 32.7 Å². The quantitative estimate of drug-likeness (QED) is 0.689. The van der Waals surface area contributed by atoms with Gasteiger partial charge >= 0.3 is 0 Å². The Balaban J connectivity index is 2.02. The number of alkyl halides is 1. The molecule has 2 rings (SSSR count). The lowest BCUT2D eigenvalue weighted by molar-refractivity contribution is -0.128. The number of methoxy groups -OCH3 is 1. The molecule has 1 aliphatic carbocycles. The van der Waals surface area contributed by atoms with Gasteiger partial charge in [0.25, 0.3) is 0 Å². The topological polar surface area (TPSA) is 29.5 Å². The third kappa shape index (κ3) is 1.87. The van der Waals surface area contributed by atoms with Gasteiger partial charge in [0.2, 0.25) is 5.91 Å². The molecule has 1 spiro atoms. The van der Waals surface area contributed by atoms with Crippen LogP contribution in [-0.2, 0) is 9.53 Å². The van der Waals surface area contributed by atoms with E-state index in [0.29, 0.717) is 11.3 Å². The molecule has 1 saturated heterocycles. The van der Waals surface area contributed by atoms with Gasteiger partial charge in [0.1, 0.15) is 5.88 Å². The molecule has 0 radical (unpaired) electrons. The normalized spacial score (nSPS) is 28.1. The molecule has 4 heteroatoms. The fourth-order valence-electron chi connectivity index (χ4n) is 2.94. The average molecular weight is 232 g/mol. The Kier molecular flexibility index (Phi) is 3.21. The molecular weight excluding hydrogens is 214 g/mol. The van der Waals surface area contributed by atoms with Crippen LogP contribution in [-0.4, -0.2) is 43.5 Å². The van der Waals surface area contributed by atoms with Gasteiger partial charge in [0.05, 0.1) is 6.61 Å². The maximum atomic E-state index is 11.5. The van der Waals surface area contributed by atoms with Gasteiger partial charge in [-0.2, -0.15) is 0 Å². The number of carbonyl (C=O) groups is 1. The second-order valence-corrected chi connectivity index (χ2v) is 5.04. The van der Waals surface area contributed by atoms with Crippen LogP contribution in [0.15, 0.2) is 0 Å². The lowest BCUT2D eigenvalue weighted by atomic mass is 9.63. The van der Waals surface area contributed by atoms with Crippen molar-refractivity contribution in [1.29, 1.82) is 0 Å². The number of amides is 1. The van der Waals surface area contributed by atoms with Crippen LogP contribution >= 0.6 is 11.6 Å². The van der Waals surface area contributed by atoms with E-state index >= 15 is 0 Å². The highest BCUT2D eigenvalue weighted by atomic mass is 35.5. The molecule has 1 heterocycles. The molecule has 1 aliphatic heterocycles. The summed E-state index contributed by atoms with van der Waals surface area (Å²) in [5.41, 5.74) is 0.359. The molecule has 2 fully saturated rings. The number of likely N-dealkylation sites (tertiary alicyclic amines) is 1. The van der Waals surface area contributed by atoms with E-state index in [1.165, 1.54) is 19.3 Å². The molecule has 2 aliphatic rings. The van der Waals surface area contributed by atoms with Crippen molar-refractivity contribution in [3.8, 4) is 0 Å². The molecule has 0 aromatic carbocycles. The third-order valence-corrected chi connectivity index (χ3v) is 4.23. The van der Waals surface area contributed by atoms with E-state index in [1.807, 2.05) is 4.90 Å². The fraction of sp³-hybridized carbons (Fsp3) is 0.909. The minimum atomic E-state index is 0.0709. The second-order valence-electron chi connectivity index (χ2n) is 4.78. The molecule has 3 nitrogen and oxygen atoms in total. The Bertz CT molecular complexity index is 253. The van der Waals surface area contributed by atoms with Crippen LogP contribution in [0.4, 0.5) is 0 Å². The minimum absolute atomic E-state index is 0.0709. The van der Waals surface area contributed by atoms with E-state index in [1.54, 1.807) is 7.11 Å². The average Bonchev–Trinajstić information content (AvgIpc) is 2.56. The van der Waals surface area contributed by atoms with Crippen molar-refractivity contribution in [3.63, 3.8) is 0 Å². The van der Waals surface area contributed by atoms with Gasteiger partial charge in [0.15, 0.2) is 0 Å². The monoisotopic (exact) mass is 231 g/mol. The number of rotatable bonds is 3. The van der Waals surface area contributed by atoms with Gasteiger partial charge < -0.3 is 9.64 Å². The molecule has 0 aromatic rings. The Morgan fingerprint density at radius 1 is 1.60 bits per heavy atom. The number of carbonyl (C=O) groups excluding carboxylic acids is 1. The molecule has 1 saturated carbocycles. The lowest BCUT2D eigenvalue weighted by Crippen LogP contribution is -2.39. The van der Waals surface area contributed by atoms with Crippen LogP contribution in [0.3, 0.4) is 0 Å². The molecular formula is C11H18ClNO2. The van der Waals surface area contributed by atoms with Crippen molar-refractivity contribution in [2.45, 2.75) is 19.3 Å². The van der Waals surface area contributed by atoms with Crippen molar-refractivity contribution in [2.24, 2.45) is 11.3 Å². The molecule has 1 unspecified atom stereocenters. The Hall–Kier alpha value is -0.280. The molecule has 15 heavy (non-hydrogen) atoms. The standard InChI is InChI=1S/C11H18ClNO2/c1-15-7-9-6-13(10(14)5-12)8-11(9)3-2-4-11/h9H,2-8H2,1H3. The zero-order chi connectivity index (χ0) is 10.9. The van der Waals surface area contributed by atoms with Crippen molar-refractivity contribution >= 4 is 17.5 Å². The number of hydrogen-bond donors (Lipinski definition) is 0. The summed E-state index contributed by atoms with van der Waals surface area (Å²) in [4.78, 5) is 13.5. The zero-order valence-electron chi connectivity index (χ0n) is 9.17. The first-order valence-corrected chi connectivity index (χ1v) is 6.08. The Morgan fingerprint density at radius 3 is 2.80 bits per heavy atom. The molecule has 86 valence electrons. The van der Waals surface area contributed by atoms with Crippen LogP contribution < -0.4 is 0 Å². The van der Waals surface area contributed by atoms with E-state index in [-0.39, 0.29) is 11.8 Å². The van der Waals surface area contributed by atoms with Gasteiger partial charge in [0, 0.05) is 26.1 Å². The largest absolute Gasteiger partial charge is 0.384 e. The SMILES string of the molecule is COCC1CN(C(=O)CCl)CC12CCC2. The third-order valence-electron chi connectivity index (χ3n) is 4.00. The summed E-state index contributed by atoms with van der Waals surface area (Å²) in [5.74, 6) is 0.695. The van der Waals surface area contributed by atoms with Gasteiger partial charge in [-0.3, -0.25) is 4.79 Å². The minimum Gasteiger partial charge on any atom is -0.384 e. The zero-order valence-corrected chi connectivity index (χ0v) is 9.92. The number of halogens is 1. The van der Waals surface area contributed by atoms with Crippen molar-refractivity contribution in [3.05, 3.63) is 0 Å². The summed E-state index contributed by atoms with van der Waals surface area (Å²) in [7, 11) is 1.73. The highest BCUT2D eigenvalue weighted by Crippen LogP contribution is 2.51. The van der Waals surface area contributed by atoms with Crippen LogP contribution in [0.5, 0.6) is 0 Å². The predicted molar refractivity (Wildman–Crippen MR) is 59.0 cm³/mol. The van der Waals surface area contributed by atoms with Crippen molar-refractivity contribution in [1.82, 2.24) is 4.90 Å². The highest BCUT2D eigenvalue weighted by Gasteiger charge is 2.50. The summed E-state index contributed by atoms with van der Waals surface area (Å²) in [6, 6.07) is 0. The van der Waals surface area contributed by atoms with Crippen LogP contribution in [0, 0.1) is 11.3 Å². The number of nitrogens with zero attached hydrogens (tertiary/aromatic N) is 1. The van der Waals surface area contributed by atoms with Gasteiger partial charge in [-0.05, 0) is 18.3 Å². The summed E-state index contributed by atoms with van der Waals surface area (Å²) >= 11 is 5.59. The van der Waals surface area contributed by atoms with Crippen LogP contribution in [0.1, 0.15) is 19.3 Å². The summed E-state index contributed by atoms with van der Waals surface area (Å²) in [5, 5.41) is 0. The van der Waals surface area contributed by atoms with E-state index < -0.39 is 0 Å². The van der Waals surface area contributed by atoms with E-state index in [4.69, 9.17) is 16.3 Å². The second kappa shape index (κ2) is 4.30. The van der Waals surface area contributed by atoms with Crippen LogP contribution in [0.25, 0.3) is 0 Å². The Labute approximate surface area is 95.7 Å². The maximum absolute atomic E-state index is 11.5. The molecule has 1 amide bonds. The first kappa shape index (κ1) is 11.2. The molecule has 0 aromatic heterocycles. The van der Waals surface area contributed by atoms with E-state index in [2.05, 4.69) is 0 Å². The lowest BCUT2D eigenvalue weighted by Gasteiger charge is -2.42. The predicted octanol–water partition coefficient (Wildman–Crippen LogP) is 1.50. The number of hydrogen-bond acceptors (Lipinski definition) is 2. The summed E-state index contributed by atoms with van der Waals surface area (Å²) in [6.07, 6.45) is 3.78. The van der Waals surface area contributed by atoms with Gasteiger partial charge in [-0.1, -0.05) is 6.42 Å². The van der Waals surface area contributed by atoms with Crippen molar-refractivity contribution < 1.29 is 9.53 Å². The first-order chi connectivity index (χ1) is 7.22.